The number of hydrogen-bond acceptors (Lipinski definition) is 4. The van der Waals surface area contributed by atoms with E-state index in [1.54, 1.807) is 25.1 Å². The highest BCUT2D eigenvalue weighted by molar-refractivity contribution is 6.44. The first-order valence-electron chi connectivity index (χ1n) is 7.84. The summed E-state index contributed by atoms with van der Waals surface area (Å²) in [5, 5.41) is 2.54. The fourth-order valence-corrected chi connectivity index (χ4v) is 2.35. The Kier molecular flexibility index (Phi) is 5.89. The number of likely N-dealkylation sites (N-methyl/N-ethyl adjacent to an activating group) is 1. The zero-order chi connectivity index (χ0) is 18.4. The first kappa shape index (κ1) is 18.2. The lowest BCUT2D eigenvalue weighted by molar-refractivity contribution is -0.134. The van der Waals surface area contributed by atoms with Crippen LogP contribution in [-0.2, 0) is 14.3 Å². The van der Waals surface area contributed by atoms with Crippen LogP contribution < -0.4 is 10.2 Å². The molecule has 0 spiro atoms. The molecular weight excluding hydrogens is 320 g/mol. The van der Waals surface area contributed by atoms with Crippen LogP contribution in [0.15, 0.2) is 48.5 Å². The molecule has 2 aromatic carbocycles. The van der Waals surface area contributed by atoms with E-state index in [0.29, 0.717) is 23.5 Å². The number of carbonyl (C=O) groups excluding carboxylic acids is 3. The molecule has 2 amide bonds. The number of nitrogens with zero attached hydrogens (tertiary/aromatic N) is 1. The highest BCUT2D eigenvalue weighted by atomic mass is 16.5. The van der Waals surface area contributed by atoms with Crippen LogP contribution in [0.4, 0.5) is 11.4 Å². The molecule has 2 aromatic rings. The van der Waals surface area contributed by atoms with Gasteiger partial charge in [0.1, 0.15) is 0 Å². The second-order valence-electron chi connectivity index (χ2n) is 5.41. The molecule has 0 heterocycles. The van der Waals surface area contributed by atoms with Gasteiger partial charge in [0.2, 0.25) is 0 Å². The second kappa shape index (κ2) is 8.10. The van der Waals surface area contributed by atoms with E-state index in [1.165, 1.54) is 24.1 Å². The van der Waals surface area contributed by atoms with Gasteiger partial charge in [0.05, 0.1) is 12.7 Å². The average molecular weight is 340 g/mol. The molecule has 0 saturated heterocycles. The number of nitrogens with one attached hydrogen (secondary N) is 1. The summed E-state index contributed by atoms with van der Waals surface area (Å²) in [5.74, 6) is -1.86. The topological polar surface area (TPSA) is 75.7 Å². The van der Waals surface area contributed by atoms with Gasteiger partial charge >= 0.3 is 17.8 Å². The lowest BCUT2D eigenvalue weighted by Crippen LogP contribution is -2.39. The summed E-state index contributed by atoms with van der Waals surface area (Å²) in [5.41, 5.74) is 2.46. The van der Waals surface area contributed by atoms with Crippen molar-refractivity contribution in [1.82, 2.24) is 0 Å². The molecular formula is C19H20N2O4. The first-order chi connectivity index (χ1) is 12.0. The number of amides is 2. The van der Waals surface area contributed by atoms with Crippen LogP contribution in [0.5, 0.6) is 0 Å². The minimum absolute atomic E-state index is 0.363. The number of methoxy groups -OCH3 is 1. The lowest BCUT2D eigenvalue weighted by Gasteiger charge is -2.20. The van der Waals surface area contributed by atoms with E-state index in [9.17, 15) is 14.4 Å². The molecule has 6 nitrogen and oxygen atoms in total. The first-order valence-corrected chi connectivity index (χ1v) is 7.84. The van der Waals surface area contributed by atoms with Crippen molar-refractivity contribution in [1.29, 1.82) is 0 Å². The van der Waals surface area contributed by atoms with Crippen molar-refractivity contribution in [3.05, 3.63) is 59.7 Å². The van der Waals surface area contributed by atoms with E-state index < -0.39 is 17.8 Å². The molecule has 25 heavy (non-hydrogen) atoms. The Hall–Kier alpha value is -3.15. The van der Waals surface area contributed by atoms with Crippen molar-refractivity contribution in [3.8, 4) is 0 Å². The maximum absolute atomic E-state index is 12.5. The SMILES string of the molecule is CCN(C(=O)C(=O)Nc1ccc(C(=O)OC)cc1)c1cccc(C)c1. The number of rotatable bonds is 4. The molecule has 0 aliphatic rings. The van der Waals surface area contributed by atoms with Crippen molar-refractivity contribution in [2.24, 2.45) is 0 Å². The largest absolute Gasteiger partial charge is 0.465 e. The maximum Gasteiger partial charge on any atom is 0.337 e. The van der Waals surface area contributed by atoms with Gasteiger partial charge in [0.15, 0.2) is 0 Å². The van der Waals surface area contributed by atoms with Crippen LogP contribution in [-0.4, -0.2) is 31.4 Å². The molecule has 0 saturated carbocycles. The second-order valence-corrected chi connectivity index (χ2v) is 5.41. The van der Waals surface area contributed by atoms with Crippen molar-refractivity contribution < 1.29 is 19.1 Å². The molecule has 0 aliphatic heterocycles. The fraction of sp³-hybridized carbons (Fsp3) is 0.211. The Labute approximate surface area is 146 Å². The minimum atomic E-state index is -0.742. The van der Waals surface area contributed by atoms with E-state index in [0.717, 1.165) is 5.56 Å². The Morgan fingerprint density at radius 1 is 1.08 bits per heavy atom. The van der Waals surface area contributed by atoms with Crippen LogP contribution in [0, 0.1) is 6.92 Å². The van der Waals surface area contributed by atoms with Crippen LogP contribution in [0.1, 0.15) is 22.8 Å². The summed E-state index contributed by atoms with van der Waals surface area (Å²) in [6.45, 7) is 4.10. The van der Waals surface area contributed by atoms with Crippen LogP contribution in [0.3, 0.4) is 0 Å². The van der Waals surface area contributed by atoms with Gasteiger partial charge in [0, 0.05) is 17.9 Å². The van der Waals surface area contributed by atoms with Crippen molar-refractivity contribution in [2.75, 3.05) is 23.9 Å². The number of esters is 1. The highest BCUT2D eigenvalue weighted by Crippen LogP contribution is 2.17. The predicted octanol–water partition coefficient (Wildman–Crippen LogP) is 2.77. The number of aryl methyl sites for hydroxylation is 1. The summed E-state index contributed by atoms with van der Waals surface area (Å²) in [7, 11) is 1.29. The normalized spacial score (nSPS) is 10.0. The maximum atomic E-state index is 12.5. The Morgan fingerprint density at radius 3 is 2.32 bits per heavy atom. The molecule has 0 radical (unpaired) electrons. The van der Waals surface area contributed by atoms with Gasteiger partial charge in [-0.15, -0.1) is 0 Å². The molecule has 0 aliphatic carbocycles. The third kappa shape index (κ3) is 4.44. The van der Waals surface area contributed by atoms with E-state index in [2.05, 4.69) is 10.1 Å². The van der Waals surface area contributed by atoms with Crippen LogP contribution >= 0.6 is 0 Å². The summed E-state index contributed by atoms with van der Waals surface area (Å²) in [6.07, 6.45) is 0. The fourth-order valence-electron chi connectivity index (χ4n) is 2.35. The van der Waals surface area contributed by atoms with Crippen LogP contribution in [0.2, 0.25) is 0 Å². The summed E-state index contributed by atoms with van der Waals surface area (Å²) < 4.78 is 4.61. The van der Waals surface area contributed by atoms with Crippen molar-refractivity contribution in [3.63, 3.8) is 0 Å². The van der Waals surface area contributed by atoms with E-state index in [4.69, 9.17) is 0 Å². The summed E-state index contributed by atoms with van der Waals surface area (Å²) in [6, 6.07) is 13.5. The van der Waals surface area contributed by atoms with Crippen molar-refractivity contribution in [2.45, 2.75) is 13.8 Å². The standard InChI is InChI=1S/C19H20N2O4/c1-4-21(16-7-5-6-13(2)12-16)18(23)17(22)20-15-10-8-14(9-11-15)19(24)25-3/h5-12H,4H2,1-3H3,(H,20,22). The smallest absolute Gasteiger partial charge is 0.337 e. The molecule has 0 fully saturated rings. The van der Waals surface area contributed by atoms with E-state index in [1.807, 2.05) is 25.1 Å². The number of benzene rings is 2. The quantitative estimate of drug-likeness (QED) is 0.686. The Morgan fingerprint density at radius 2 is 1.76 bits per heavy atom. The minimum Gasteiger partial charge on any atom is -0.465 e. The summed E-state index contributed by atoms with van der Waals surface area (Å²) in [4.78, 5) is 37.5. The van der Waals surface area contributed by atoms with Gasteiger partial charge in [-0.2, -0.15) is 0 Å². The molecule has 6 heteroatoms. The number of carbonyl (C=O) groups is 3. The number of ether oxygens (including phenoxy) is 1. The molecule has 2 rings (SSSR count). The predicted molar refractivity (Wildman–Crippen MR) is 95.6 cm³/mol. The van der Waals surface area contributed by atoms with Gasteiger partial charge in [-0.25, -0.2) is 4.79 Å². The monoisotopic (exact) mass is 340 g/mol. The Bertz CT molecular complexity index is 784. The van der Waals surface area contributed by atoms with Crippen molar-refractivity contribution >= 4 is 29.2 Å². The van der Waals surface area contributed by atoms with E-state index >= 15 is 0 Å². The van der Waals surface area contributed by atoms with Gasteiger partial charge in [-0.1, -0.05) is 12.1 Å². The third-order valence-corrected chi connectivity index (χ3v) is 3.63. The van der Waals surface area contributed by atoms with Crippen LogP contribution in [0.25, 0.3) is 0 Å². The molecule has 1 N–H and O–H groups in total. The average Bonchev–Trinajstić information content (AvgIpc) is 2.62. The zero-order valence-electron chi connectivity index (χ0n) is 14.4. The van der Waals surface area contributed by atoms with Gasteiger partial charge in [0.25, 0.3) is 0 Å². The molecule has 0 aromatic heterocycles. The third-order valence-electron chi connectivity index (χ3n) is 3.63. The molecule has 0 atom stereocenters. The highest BCUT2D eigenvalue weighted by Gasteiger charge is 2.22. The number of hydrogen-bond donors (Lipinski definition) is 1. The zero-order valence-corrected chi connectivity index (χ0v) is 14.4. The van der Waals surface area contributed by atoms with E-state index in [-0.39, 0.29) is 0 Å². The lowest BCUT2D eigenvalue weighted by atomic mass is 10.2. The van der Waals surface area contributed by atoms with Gasteiger partial charge in [-0.05, 0) is 55.8 Å². The molecule has 0 bridgehead atoms. The number of anilines is 2. The molecule has 0 unspecified atom stereocenters. The molecule has 130 valence electrons. The van der Waals surface area contributed by atoms with Gasteiger partial charge in [-0.3, -0.25) is 9.59 Å². The Balaban J connectivity index is 2.11. The summed E-state index contributed by atoms with van der Waals surface area (Å²) >= 11 is 0. The van der Waals surface area contributed by atoms with Gasteiger partial charge < -0.3 is 15.0 Å².